The number of ether oxygens (including phenoxy) is 1. The number of rotatable bonds is 9. The quantitative estimate of drug-likeness (QED) is 0.250. The predicted molar refractivity (Wildman–Crippen MR) is 116 cm³/mol. The van der Waals surface area contributed by atoms with Crippen LogP contribution < -0.4 is 10.6 Å². The first-order valence-electron chi connectivity index (χ1n) is 9.19. The van der Waals surface area contributed by atoms with Gasteiger partial charge >= 0.3 is 0 Å². The Balaban J connectivity index is 0.00000338. The van der Waals surface area contributed by atoms with E-state index in [1.165, 1.54) is 5.56 Å². The average Bonchev–Trinajstić information content (AvgIpc) is 3.02. The average molecular weight is 474 g/mol. The van der Waals surface area contributed by atoms with Gasteiger partial charge in [-0.2, -0.15) is 0 Å². The molecule has 0 bridgehead atoms. The lowest BCUT2D eigenvalue weighted by molar-refractivity contribution is -0.128. The summed E-state index contributed by atoms with van der Waals surface area (Å²) in [5.74, 6) is 1.04. The van der Waals surface area contributed by atoms with Crippen LogP contribution >= 0.6 is 24.0 Å². The molecule has 1 fully saturated rings. The lowest BCUT2D eigenvalue weighted by atomic mass is 10.1. The number of guanidine groups is 1. The van der Waals surface area contributed by atoms with E-state index in [0.717, 1.165) is 44.2 Å². The zero-order valence-electron chi connectivity index (χ0n) is 15.8. The van der Waals surface area contributed by atoms with Gasteiger partial charge in [-0.05, 0) is 31.4 Å². The number of nitrogens with zero attached hydrogens (tertiary/aromatic N) is 2. The molecule has 1 aliphatic heterocycles. The Morgan fingerprint density at radius 2 is 2.00 bits per heavy atom. The van der Waals surface area contributed by atoms with Crippen molar-refractivity contribution in [1.29, 1.82) is 0 Å². The maximum Gasteiger partial charge on any atom is 0.222 e. The van der Waals surface area contributed by atoms with Gasteiger partial charge in [-0.25, -0.2) is 4.99 Å². The number of amides is 1. The predicted octanol–water partition coefficient (Wildman–Crippen LogP) is 2.52. The highest BCUT2D eigenvalue weighted by atomic mass is 127. The molecule has 0 aromatic heterocycles. The van der Waals surface area contributed by atoms with Crippen molar-refractivity contribution < 1.29 is 9.53 Å². The Labute approximate surface area is 173 Å². The highest BCUT2D eigenvalue weighted by Gasteiger charge is 2.20. The Kier molecular flexibility index (Phi) is 11.3. The molecule has 1 amide bonds. The van der Waals surface area contributed by atoms with E-state index in [4.69, 9.17) is 4.74 Å². The van der Waals surface area contributed by atoms with Crippen molar-refractivity contribution in [2.75, 3.05) is 32.8 Å². The van der Waals surface area contributed by atoms with Gasteiger partial charge in [-0.15, -0.1) is 24.0 Å². The van der Waals surface area contributed by atoms with E-state index in [2.05, 4.69) is 27.8 Å². The third-order valence-electron chi connectivity index (χ3n) is 4.15. The topological polar surface area (TPSA) is 66.0 Å². The molecular weight excluding hydrogens is 443 g/mol. The Morgan fingerprint density at radius 1 is 1.23 bits per heavy atom. The molecule has 6 nitrogen and oxygen atoms in total. The molecule has 26 heavy (non-hydrogen) atoms. The molecule has 1 aliphatic rings. The summed E-state index contributed by atoms with van der Waals surface area (Å²) in [5.41, 5.74) is 2.33. The number of benzene rings is 1. The molecule has 0 spiro atoms. The van der Waals surface area contributed by atoms with Crippen molar-refractivity contribution in [3.63, 3.8) is 0 Å². The molecule has 1 aromatic rings. The number of nitrogens with one attached hydrogen (secondary N) is 2. The smallest absolute Gasteiger partial charge is 0.222 e. The number of likely N-dealkylation sites (tertiary alicyclic amines) is 1. The molecule has 0 unspecified atom stereocenters. The molecule has 7 heteroatoms. The maximum absolute atomic E-state index is 11.9. The minimum absolute atomic E-state index is 0. The SMILES string of the molecule is CCNC(=NCc1ccccc1CN1CCCC1=O)NCCOCC.I. The summed E-state index contributed by atoms with van der Waals surface area (Å²) >= 11 is 0. The Morgan fingerprint density at radius 3 is 2.65 bits per heavy atom. The Hall–Kier alpha value is -1.35. The second-order valence-electron chi connectivity index (χ2n) is 6.01. The summed E-state index contributed by atoms with van der Waals surface area (Å²) in [7, 11) is 0. The maximum atomic E-state index is 11.9. The van der Waals surface area contributed by atoms with Crippen molar-refractivity contribution in [2.45, 2.75) is 39.8 Å². The summed E-state index contributed by atoms with van der Waals surface area (Å²) in [5, 5.41) is 6.52. The monoisotopic (exact) mass is 474 g/mol. The lowest BCUT2D eigenvalue weighted by Crippen LogP contribution is -2.39. The van der Waals surface area contributed by atoms with Crippen LogP contribution in [0.3, 0.4) is 0 Å². The molecule has 2 rings (SSSR count). The van der Waals surface area contributed by atoms with Gasteiger partial charge in [0.15, 0.2) is 5.96 Å². The van der Waals surface area contributed by atoms with E-state index in [1.807, 2.05) is 30.9 Å². The normalized spacial score (nSPS) is 14.3. The first-order valence-corrected chi connectivity index (χ1v) is 9.19. The van der Waals surface area contributed by atoms with Crippen molar-refractivity contribution in [3.05, 3.63) is 35.4 Å². The van der Waals surface area contributed by atoms with Gasteiger partial charge in [0.05, 0.1) is 13.2 Å². The van der Waals surface area contributed by atoms with Crippen LogP contribution in [-0.4, -0.2) is 49.6 Å². The largest absolute Gasteiger partial charge is 0.380 e. The third kappa shape index (κ3) is 7.49. The summed E-state index contributed by atoms with van der Waals surface area (Å²) in [6.07, 6.45) is 1.64. The van der Waals surface area contributed by atoms with Crippen LogP contribution in [0.4, 0.5) is 0 Å². The first kappa shape index (κ1) is 22.7. The van der Waals surface area contributed by atoms with Crippen molar-refractivity contribution >= 4 is 35.8 Å². The number of aliphatic imine (C=N–C) groups is 1. The van der Waals surface area contributed by atoms with Crippen LogP contribution in [-0.2, 0) is 22.6 Å². The second-order valence-corrected chi connectivity index (χ2v) is 6.01. The number of hydrogen-bond acceptors (Lipinski definition) is 3. The van der Waals surface area contributed by atoms with Gasteiger partial charge < -0.3 is 20.3 Å². The highest BCUT2D eigenvalue weighted by Crippen LogP contribution is 2.17. The van der Waals surface area contributed by atoms with Crippen molar-refractivity contribution in [1.82, 2.24) is 15.5 Å². The van der Waals surface area contributed by atoms with Crippen LogP contribution in [0.25, 0.3) is 0 Å². The molecule has 0 saturated carbocycles. The zero-order valence-corrected chi connectivity index (χ0v) is 18.1. The van der Waals surface area contributed by atoms with E-state index in [-0.39, 0.29) is 29.9 Å². The van der Waals surface area contributed by atoms with Crippen LogP contribution in [0.15, 0.2) is 29.3 Å². The molecule has 1 aromatic carbocycles. The second kappa shape index (κ2) is 12.9. The summed E-state index contributed by atoms with van der Waals surface area (Å²) in [4.78, 5) is 18.5. The first-order chi connectivity index (χ1) is 12.2. The van der Waals surface area contributed by atoms with Crippen LogP contribution in [0.2, 0.25) is 0 Å². The Bertz CT molecular complexity index is 580. The number of hydrogen-bond donors (Lipinski definition) is 2. The van der Waals surface area contributed by atoms with Crippen LogP contribution in [0.5, 0.6) is 0 Å². The molecular formula is C19H31IN4O2. The number of carbonyl (C=O) groups excluding carboxylic acids is 1. The van der Waals surface area contributed by atoms with Gasteiger partial charge in [0.1, 0.15) is 0 Å². The van der Waals surface area contributed by atoms with Gasteiger partial charge in [-0.3, -0.25) is 4.79 Å². The standard InChI is InChI=1S/C19H30N4O2.HI/c1-3-20-19(21-11-13-25-4-2)22-14-16-8-5-6-9-17(16)15-23-12-7-10-18(23)24;/h5-6,8-9H,3-4,7,10-15H2,1-2H3,(H2,20,21,22);1H. The molecule has 0 radical (unpaired) electrons. The van der Waals surface area contributed by atoms with Crippen molar-refractivity contribution in [2.24, 2.45) is 4.99 Å². The molecule has 0 atom stereocenters. The van der Waals surface area contributed by atoms with Gasteiger partial charge in [-0.1, -0.05) is 24.3 Å². The third-order valence-corrected chi connectivity index (χ3v) is 4.15. The zero-order chi connectivity index (χ0) is 17.9. The van der Waals surface area contributed by atoms with E-state index in [9.17, 15) is 4.79 Å². The van der Waals surface area contributed by atoms with E-state index in [0.29, 0.717) is 26.1 Å². The van der Waals surface area contributed by atoms with E-state index < -0.39 is 0 Å². The molecule has 2 N–H and O–H groups in total. The highest BCUT2D eigenvalue weighted by molar-refractivity contribution is 14.0. The van der Waals surface area contributed by atoms with Crippen molar-refractivity contribution in [3.8, 4) is 0 Å². The summed E-state index contributed by atoms with van der Waals surface area (Å²) in [6, 6.07) is 8.22. The minimum atomic E-state index is 0. The lowest BCUT2D eigenvalue weighted by Gasteiger charge is -2.18. The fraction of sp³-hybridized carbons (Fsp3) is 0.579. The van der Waals surface area contributed by atoms with Gasteiger partial charge in [0, 0.05) is 39.2 Å². The number of halogens is 1. The van der Waals surface area contributed by atoms with Gasteiger partial charge in [0.25, 0.3) is 0 Å². The van der Waals surface area contributed by atoms with E-state index in [1.54, 1.807) is 0 Å². The summed E-state index contributed by atoms with van der Waals surface area (Å²) in [6.45, 7) is 9.08. The fourth-order valence-corrected chi connectivity index (χ4v) is 2.83. The van der Waals surface area contributed by atoms with Crippen LogP contribution in [0, 0.1) is 0 Å². The molecule has 1 heterocycles. The molecule has 1 saturated heterocycles. The summed E-state index contributed by atoms with van der Waals surface area (Å²) < 4.78 is 5.35. The molecule has 146 valence electrons. The minimum Gasteiger partial charge on any atom is -0.380 e. The van der Waals surface area contributed by atoms with E-state index >= 15 is 0 Å². The molecule has 0 aliphatic carbocycles. The fourth-order valence-electron chi connectivity index (χ4n) is 2.83. The van der Waals surface area contributed by atoms with Gasteiger partial charge in [0.2, 0.25) is 5.91 Å². The van der Waals surface area contributed by atoms with Crippen LogP contribution in [0.1, 0.15) is 37.8 Å². The number of carbonyl (C=O) groups is 1.